The van der Waals surface area contributed by atoms with Gasteiger partial charge in [0.1, 0.15) is 12.1 Å². The fourth-order valence-corrected chi connectivity index (χ4v) is 1.23. The molecule has 1 saturated heterocycles. The van der Waals surface area contributed by atoms with Gasteiger partial charge in [0.25, 0.3) is 0 Å². The van der Waals surface area contributed by atoms with E-state index >= 15 is 0 Å². The lowest BCUT2D eigenvalue weighted by molar-refractivity contribution is -0.136. The van der Waals surface area contributed by atoms with Crippen molar-refractivity contribution in [3.05, 3.63) is 0 Å². The Kier molecular flexibility index (Phi) is 2.68. The van der Waals surface area contributed by atoms with Crippen molar-refractivity contribution in [1.82, 2.24) is 10.6 Å². The van der Waals surface area contributed by atoms with Crippen molar-refractivity contribution in [2.75, 3.05) is 0 Å². The van der Waals surface area contributed by atoms with E-state index in [0.29, 0.717) is 6.42 Å². The molecule has 1 aliphatic rings. The van der Waals surface area contributed by atoms with E-state index in [-0.39, 0.29) is 23.9 Å². The molecular weight excluding hydrogens is 156 g/mol. The van der Waals surface area contributed by atoms with Gasteiger partial charge < -0.3 is 10.6 Å². The average molecular weight is 170 g/mol. The number of hydrogen-bond donors (Lipinski definition) is 2. The van der Waals surface area contributed by atoms with Crippen LogP contribution in [0.5, 0.6) is 0 Å². The maximum atomic E-state index is 11.2. The minimum Gasteiger partial charge on any atom is -0.343 e. The lowest BCUT2D eigenvalue weighted by Crippen LogP contribution is -2.60. The van der Waals surface area contributed by atoms with Crippen molar-refractivity contribution < 1.29 is 9.59 Å². The lowest BCUT2D eigenvalue weighted by Gasteiger charge is -2.27. The van der Waals surface area contributed by atoms with Crippen LogP contribution in [0.3, 0.4) is 0 Å². The molecule has 0 spiro atoms. The highest BCUT2D eigenvalue weighted by Crippen LogP contribution is 2.02. The summed E-state index contributed by atoms with van der Waals surface area (Å²) in [5.41, 5.74) is 0. The van der Waals surface area contributed by atoms with Crippen LogP contribution in [0.2, 0.25) is 0 Å². The molecule has 0 saturated carbocycles. The molecule has 4 nitrogen and oxygen atoms in total. The molecule has 1 aliphatic heterocycles. The molecule has 0 bridgehead atoms. The van der Waals surface area contributed by atoms with E-state index in [1.54, 1.807) is 6.92 Å². The van der Waals surface area contributed by atoms with Crippen molar-refractivity contribution in [2.45, 2.75) is 38.8 Å². The molecule has 0 aromatic rings. The second-order valence-electron chi connectivity index (χ2n) is 3.08. The van der Waals surface area contributed by atoms with Gasteiger partial charge in [0.05, 0.1) is 0 Å². The topological polar surface area (TPSA) is 58.2 Å². The fourth-order valence-electron chi connectivity index (χ4n) is 1.23. The van der Waals surface area contributed by atoms with Crippen molar-refractivity contribution in [2.24, 2.45) is 0 Å². The molecule has 68 valence electrons. The van der Waals surface area contributed by atoms with Crippen molar-refractivity contribution in [1.29, 1.82) is 0 Å². The largest absolute Gasteiger partial charge is 0.343 e. The fraction of sp³-hybridized carbons (Fsp3) is 0.750. The Morgan fingerprint density at radius 3 is 2.50 bits per heavy atom. The molecule has 2 N–H and O–H groups in total. The smallest absolute Gasteiger partial charge is 0.243 e. The molecule has 12 heavy (non-hydrogen) atoms. The van der Waals surface area contributed by atoms with Crippen LogP contribution in [0.15, 0.2) is 0 Å². The van der Waals surface area contributed by atoms with Gasteiger partial charge in [-0.3, -0.25) is 9.59 Å². The summed E-state index contributed by atoms with van der Waals surface area (Å²) in [5, 5.41) is 5.28. The molecule has 0 aromatic carbocycles. The minimum atomic E-state index is -0.384. The summed E-state index contributed by atoms with van der Waals surface area (Å²) in [6.45, 7) is 3.66. The molecule has 2 atom stereocenters. The maximum absolute atomic E-state index is 11.2. The zero-order valence-corrected chi connectivity index (χ0v) is 7.39. The number of hydrogen-bond acceptors (Lipinski definition) is 2. The SMILES string of the molecule is CCC[C@H]1NC(=O)[C@H](C)NC1=O. The summed E-state index contributed by atoms with van der Waals surface area (Å²) in [4.78, 5) is 22.3. The number of nitrogens with one attached hydrogen (secondary N) is 2. The number of piperazine rings is 1. The second-order valence-corrected chi connectivity index (χ2v) is 3.08. The van der Waals surface area contributed by atoms with E-state index in [1.807, 2.05) is 6.92 Å². The number of carbonyl (C=O) groups excluding carboxylic acids is 2. The normalized spacial score (nSPS) is 29.5. The second kappa shape index (κ2) is 3.56. The first kappa shape index (κ1) is 9.03. The van der Waals surface area contributed by atoms with E-state index in [9.17, 15) is 9.59 Å². The van der Waals surface area contributed by atoms with Crippen molar-refractivity contribution >= 4 is 11.8 Å². The van der Waals surface area contributed by atoms with Gasteiger partial charge in [-0.05, 0) is 13.3 Å². The first-order chi connectivity index (χ1) is 5.65. The van der Waals surface area contributed by atoms with Crippen LogP contribution in [0.4, 0.5) is 0 Å². The first-order valence-corrected chi connectivity index (χ1v) is 4.26. The number of carbonyl (C=O) groups is 2. The molecule has 0 aromatic heterocycles. The molecule has 0 aliphatic carbocycles. The summed E-state index contributed by atoms with van der Waals surface area (Å²) >= 11 is 0. The van der Waals surface area contributed by atoms with Gasteiger partial charge in [0, 0.05) is 0 Å². The average Bonchev–Trinajstić information content (AvgIpc) is 2.01. The quantitative estimate of drug-likeness (QED) is 0.602. The van der Waals surface area contributed by atoms with E-state index in [4.69, 9.17) is 0 Å². The van der Waals surface area contributed by atoms with Crippen LogP contribution in [-0.4, -0.2) is 23.9 Å². The highest BCUT2D eigenvalue weighted by Gasteiger charge is 2.29. The van der Waals surface area contributed by atoms with Crippen molar-refractivity contribution in [3.63, 3.8) is 0 Å². The van der Waals surface area contributed by atoms with Gasteiger partial charge in [-0.1, -0.05) is 13.3 Å². The van der Waals surface area contributed by atoms with Crippen LogP contribution >= 0.6 is 0 Å². The minimum absolute atomic E-state index is 0.0658. The Balaban J connectivity index is 2.55. The van der Waals surface area contributed by atoms with Crippen LogP contribution in [0, 0.1) is 0 Å². The van der Waals surface area contributed by atoms with E-state index in [1.165, 1.54) is 0 Å². The van der Waals surface area contributed by atoms with Gasteiger partial charge in [0.2, 0.25) is 11.8 Å². The Morgan fingerprint density at radius 1 is 1.25 bits per heavy atom. The number of amides is 2. The third-order valence-corrected chi connectivity index (χ3v) is 1.96. The molecule has 0 unspecified atom stereocenters. The van der Waals surface area contributed by atoms with Gasteiger partial charge in [-0.2, -0.15) is 0 Å². The van der Waals surface area contributed by atoms with E-state index in [0.717, 1.165) is 6.42 Å². The van der Waals surface area contributed by atoms with Crippen LogP contribution in [0.25, 0.3) is 0 Å². The third kappa shape index (κ3) is 1.75. The Hall–Kier alpha value is -1.06. The van der Waals surface area contributed by atoms with Gasteiger partial charge in [0.15, 0.2) is 0 Å². The summed E-state index contributed by atoms with van der Waals surface area (Å²) in [7, 11) is 0. The highest BCUT2D eigenvalue weighted by atomic mass is 16.2. The molecule has 0 radical (unpaired) electrons. The first-order valence-electron chi connectivity index (χ1n) is 4.26. The van der Waals surface area contributed by atoms with Crippen LogP contribution < -0.4 is 10.6 Å². The third-order valence-electron chi connectivity index (χ3n) is 1.96. The molecule has 1 fully saturated rings. The Morgan fingerprint density at radius 2 is 1.92 bits per heavy atom. The summed E-state index contributed by atoms with van der Waals surface area (Å²) in [6.07, 6.45) is 1.61. The zero-order valence-electron chi connectivity index (χ0n) is 7.39. The van der Waals surface area contributed by atoms with Crippen LogP contribution in [-0.2, 0) is 9.59 Å². The molecule has 1 heterocycles. The molecule has 4 heteroatoms. The summed E-state index contributed by atoms with van der Waals surface area (Å²) in [6, 6.07) is -0.704. The number of rotatable bonds is 2. The summed E-state index contributed by atoms with van der Waals surface area (Å²) < 4.78 is 0. The standard InChI is InChI=1S/C8H14N2O2/c1-3-4-6-8(12)9-5(2)7(11)10-6/h5-6H,3-4H2,1-2H3,(H,9,12)(H,10,11)/t5-,6+/m0/s1. The molecule has 1 rings (SSSR count). The van der Waals surface area contributed by atoms with Crippen molar-refractivity contribution in [3.8, 4) is 0 Å². The molecule has 2 amide bonds. The van der Waals surface area contributed by atoms with E-state index in [2.05, 4.69) is 10.6 Å². The van der Waals surface area contributed by atoms with Crippen LogP contribution in [0.1, 0.15) is 26.7 Å². The van der Waals surface area contributed by atoms with Gasteiger partial charge in [-0.25, -0.2) is 0 Å². The summed E-state index contributed by atoms with van der Waals surface area (Å²) in [5.74, 6) is -0.156. The monoisotopic (exact) mass is 170 g/mol. The van der Waals surface area contributed by atoms with Gasteiger partial charge in [-0.15, -0.1) is 0 Å². The lowest BCUT2D eigenvalue weighted by atomic mass is 10.1. The Labute approximate surface area is 71.7 Å². The zero-order chi connectivity index (χ0) is 9.14. The highest BCUT2D eigenvalue weighted by molar-refractivity contribution is 5.96. The Bertz CT molecular complexity index is 203. The predicted octanol–water partition coefficient (Wildman–Crippen LogP) is -0.210. The maximum Gasteiger partial charge on any atom is 0.243 e. The van der Waals surface area contributed by atoms with Gasteiger partial charge >= 0.3 is 0 Å². The van der Waals surface area contributed by atoms with E-state index < -0.39 is 0 Å². The predicted molar refractivity (Wildman–Crippen MR) is 44.4 cm³/mol. The molecular formula is C8H14N2O2.